The van der Waals surface area contributed by atoms with Crippen molar-refractivity contribution in [2.45, 2.75) is 18.2 Å². The minimum Gasteiger partial charge on any atom is -0.465 e. The molecule has 38 heavy (non-hydrogen) atoms. The summed E-state index contributed by atoms with van der Waals surface area (Å²) in [6.45, 7) is -1.11. The van der Waals surface area contributed by atoms with Crippen molar-refractivity contribution in [3.63, 3.8) is 0 Å². The van der Waals surface area contributed by atoms with E-state index in [4.69, 9.17) is 9.26 Å². The summed E-state index contributed by atoms with van der Waals surface area (Å²) in [6, 6.07) is 8.17. The quantitative estimate of drug-likeness (QED) is 0.366. The number of hydrogen-bond acceptors (Lipinski definition) is 10. The zero-order chi connectivity index (χ0) is 27.1. The van der Waals surface area contributed by atoms with Crippen LogP contribution in [0.25, 0.3) is 22.8 Å². The lowest BCUT2D eigenvalue weighted by Crippen LogP contribution is -2.35. The van der Waals surface area contributed by atoms with Gasteiger partial charge in [-0.3, -0.25) is 9.48 Å². The van der Waals surface area contributed by atoms with Crippen LogP contribution in [-0.4, -0.2) is 72.2 Å². The first-order valence-corrected chi connectivity index (χ1v) is 11.3. The minimum absolute atomic E-state index is 0.0302. The number of nitrogens with one attached hydrogen (secondary N) is 1. The molecule has 4 aromatic rings. The number of anilines is 2. The van der Waals surface area contributed by atoms with Gasteiger partial charge in [-0.2, -0.15) is 13.2 Å². The Morgan fingerprint density at radius 2 is 1.89 bits per heavy atom. The average Bonchev–Trinajstić information content (AvgIpc) is 3.58. The summed E-state index contributed by atoms with van der Waals surface area (Å²) in [6.07, 6.45) is -1.45. The summed E-state index contributed by atoms with van der Waals surface area (Å²) in [7, 11) is 3.13. The number of nitrogens with zero attached hydrogens (tertiary/aromatic N) is 7. The lowest BCUT2D eigenvalue weighted by molar-refractivity contribution is -0.154. The first-order valence-electron chi connectivity index (χ1n) is 11.3. The van der Waals surface area contributed by atoms with E-state index >= 15 is 0 Å². The van der Waals surface area contributed by atoms with Crippen molar-refractivity contribution >= 4 is 17.5 Å². The summed E-state index contributed by atoms with van der Waals surface area (Å²) in [4.78, 5) is 26.8. The third kappa shape index (κ3) is 5.00. The summed E-state index contributed by atoms with van der Waals surface area (Å²) in [5.74, 6) is -0.616. The van der Waals surface area contributed by atoms with E-state index in [1.165, 1.54) is 35.1 Å². The van der Waals surface area contributed by atoms with E-state index in [1.807, 2.05) is 0 Å². The molecule has 0 radical (unpaired) electrons. The molecule has 0 bridgehead atoms. The number of likely N-dealkylation sites (tertiary alicyclic amines) is 1. The molecule has 0 spiro atoms. The highest BCUT2D eigenvalue weighted by atomic mass is 19.4. The van der Waals surface area contributed by atoms with Gasteiger partial charge in [-0.05, 0) is 18.2 Å². The Morgan fingerprint density at radius 3 is 2.61 bits per heavy atom. The number of amides is 1. The molecule has 2 N–H and O–H groups in total. The topological polar surface area (TPSA) is 144 Å². The van der Waals surface area contributed by atoms with Gasteiger partial charge in [-0.1, -0.05) is 11.2 Å². The molecule has 0 aromatic carbocycles. The summed E-state index contributed by atoms with van der Waals surface area (Å²) < 4.78 is 49.1. The third-order valence-electron chi connectivity index (χ3n) is 5.77. The van der Waals surface area contributed by atoms with Crippen LogP contribution in [-0.2, 0) is 17.4 Å². The van der Waals surface area contributed by atoms with Crippen LogP contribution in [0.1, 0.15) is 12.2 Å². The van der Waals surface area contributed by atoms with Crippen molar-refractivity contribution < 1.29 is 32.3 Å². The van der Waals surface area contributed by atoms with Crippen molar-refractivity contribution in [3.8, 4) is 28.7 Å². The molecule has 0 aliphatic carbocycles. The number of carbonyl (C=O) groups excluding carboxylic acids is 1. The number of hydrogen-bond donors (Lipinski definition) is 2. The van der Waals surface area contributed by atoms with Crippen LogP contribution in [0.2, 0.25) is 0 Å². The molecule has 1 aliphatic heterocycles. The molecular weight excluding hydrogens is 509 g/mol. The predicted octanol–water partition coefficient (Wildman–Crippen LogP) is 2.66. The van der Waals surface area contributed by atoms with Crippen LogP contribution >= 0.6 is 0 Å². The van der Waals surface area contributed by atoms with Gasteiger partial charge < -0.3 is 24.6 Å². The lowest BCUT2D eigenvalue weighted by atomic mass is 9.98. The maximum Gasteiger partial charge on any atom is 0.422 e. The number of carbonyl (C=O) groups is 1. The van der Waals surface area contributed by atoms with Gasteiger partial charge in [0.15, 0.2) is 12.4 Å². The normalized spacial score (nSPS) is 17.7. The van der Waals surface area contributed by atoms with E-state index in [1.54, 1.807) is 31.3 Å². The van der Waals surface area contributed by atoms with Crippen LogP contribution < -0.4 is 10.1 Å². The zero-order valence-corrected chi connectivity index (χ0v) is 20.1. The molecule has 1 aliphatic rings. The molecular formula is C23H21F3N8O4. The summed E-state index contributed by atoms with van der Waals surface area (Å²) >= 11 is 0. The molecule has 12 nitrogen and oxygen atoms in total. The number of aryl methyl sites for hydroxylation is 1. The molecule has 0 saturated carbocycles. The van der Waals surface area contributed by atoms with E-state index in [2.05, 4.69) is 30.5 Å². The van der Waals surface area contributed by atoms with Gasteiger partial charge in [-0.25, -0.2) is 15.0 Å². The molecule has 1 amide bonds. The van der Waals surface area contributed by atoms with Gasteiger partial charge in [0.05, 0.1) is 23.3 Å². The Balaban J connectivity index is 1.37. The number of aliphatic hydroxyl groups is 1. The monoisotopic (exact) mass is 530 g/mol. The molecule has 1 unspecified atom stereocenters. The Morgan fingerprint density at radius 1 is 1.16 bits per heavy atom. The van der Waals surface area contributed by atoms with Crippen molar-refractivity contribution in [2.24, 2.45) is 7.05 Å². The van der Waals surface area contributed by atoms with Crippen LogP contribution in [0, 0.1) is 0 Å². The van der Waals surface area contributed by atoms with Crippen LogP contribution in [0.4, 0.5) is 24.8 Å². The van der Waals surface area contributed by atoms with Crippen molar-refractivity contribution in [3.05, 3.63) is 48.5 Å². The fourth-order valence-electron chi connectivity index (χ4n) is 3.89. The maximum atomic E-state index is 12.6. The number of pyridine rings is 1. The van der Waals surface area contributed by atoms with Crippen molar-refractivity contribution in [2.75, 3.05) is 25.5 Å². The van der Waals surface area contributed by atoms with Crippen LogP contribution in [0.3, 0.4) is 0 Å². The molecule has 5 rings (SSSR count). The van der Waals surface area contributed by atoms with Crippen molar-refractivity contribution in [1.82, 2.24) is 34.8 Å². The highest BCUT2D eigenvalue weighted by Gasteiger charge is 2.48. The second kappa shape index (κ2) is 9.41. The largest absolute Gasteiger partial charge is 0.465 e. The Kier molecular flexibility index (Phi) is 6.22. The second-order valence-electron chi connectivity index (χ2n) is 8.64. The van der Waals surface area contributed by atoms with E-state index in [0.29, 0.717) is 29.3 Å². The molecule has 5 heterocycles. The van der Waals surface area contributed by atoms with Gasteiger partial charge in [-0.15, -0.1) is 5.10 Å². The van der Waals surface area contributed by atoms with Gasteiger partial charge in [0.25, 0.3) is 11.8 Å². The number of ether oxygens (including phenoxy) is 1. The highest BCUT2D eigenvalue weighted by Crippen LogP contribution is 2.35. The van der Waals surface area contributed by atoms with Gasteiger partial charge in [0.1, 0.15) is 11.4 Å². The zero-order valence-electron chi connectivity index (χ0n) is 20.1. The number of aromatic nitrogens is 6. The van der Waals surface area contributed by atoms with Gasteiger partial charge in [0, 0.05) is 39.3 Å². The van der Waals surface area contributed by atoms with E-state index in [-0.39, 0.29) is 29.7 Å². The minimum atomic E-state index is -4.52. The Hall–Kier alpha value is -4.53. The smallest absolute Gasteiger partial charge is 0.422 e. The Bertz CT molecular complexity index is 1490. The SMILES string of the molecule is CN1CCC(O)(c2cc(-c3cccc(-c4ccnc(Nc5cn(C)nc5OCC(F)(F)F)n4)n3)no2)C1=O. The first-order chi connectivity index (χ1) is 18.0. The number of alkyl halides is 3. The molecule has 1 atom stereocenters. The number of halogens is 3. The molecule has 198 valence electrons. The molecule has 1 fully saturated rings. The van der Waals surface area contributed by atoms with Crippen molar-refractivity contribution in [1.29, 1.82) is 0 Å². The fourth-order valence-corrected chi connectivity index (χ4v) is 3.89. The number of rotatable bonds is 7. The fraction of sp³-hybridized carbons (Fsp3) is 0.304. The van der Waals surface area contributed by atoms with E-state index in [9.17, 15) is 23.1 Å². The first kappa shape index (κ1) is 25.1. The van der Waals surface area contributed by atoms with Gasteiger partial charge in [0.2, 0.25) is 11.5 Å². The average molecular weight is 530 g/mol. The second-order valence-corrected chi connectivity index (χ2v) is 8.64. The predicted molar refractivity (Wildman–Crippen MR) is 125 cm³/mol. The van der Waals surface area contributed by atoms with Crippen LogP contribution in [0.5, 0.6) is 5.88 Å². The van der Waals surface area contributed by atoms with Gasteiger partial charge >= 0.3 is 6.18 Å². The number of likely N-dealkylation sites (N-methyl/N-ethyl adjacent to an activating group) is 1. The highest BCUT2D eigenvalue weighted by molar-refractivity contribution is 5.87. The van der Waals surface area contributed by atoms with Crippen LogP contribution in [0.15, 0.2) is 47.2 Å². The maximum absolute atomic E-state index is 12.6. The van der Waals surface area contributed by atoms with E-state index in [0.717, 1.165) is 0 Å². The molecule has 4 aromatic heterocycles. The Labute approximate surface area is 213 Å². The van der Waals surface area contributed by atoms with E-state index < -0.39 is 24.3 Å². The summed E-state index contributed by atoms with van der Waals surface area (Å²) in [5, 5.41) is 21.5. The third-order valence-corrected chi connectivity index (χ3v) is 5.77. The molecule has 1 saturated heterocycles. The molecule has 15 heteroatoms. The summed E-state index contributed by atoms with van der Waals surface area (Å²) in [5.41, 5.74) is -0.0703. The lowest BCUT2D eigenvalue weighted by Gasteiger charge is -2.16. The standard InChI is InChI=1S/C23H21F3N8O4/c1-33-9-7-22(36,20(33)35)18-10-16(32-38-18)14-5-3-4-13(28-14)15-6-8-27-21(29-15)30-17-11-34(2)31-19(17)37-12-23(24,25)26/h3-6,8,10-11,36H,7,9,12H2,1-2H3,(H,27,29,30).